The summed E-state index contributed by atoms with van der Waals surface area (Å²) in [5.74, 6) is -0.467. The lowest BCUT2D eigenvalue weighted by Gasteiger charge is -2.15. The summed E-state index contributed by atoms with van der Waals surface area (Å²) in [6.07, 6.45) is 2.32. The maximum absolute atomic E-state index is 13.4. The van der Waals surface area contributed by atoms with Crippen LogP contribution in [0.15, 0.2) is 58.4 Å². The highest BCUT2D eigenvalue weighted by Crippen LogP contribution is 2.14. The third kappa shape index (κ3) is 4.91. The number of amides is 1. The van der Waals surface area contributed by atoms with Crippen molar-refractivity contribution in [3.8, 4) is 6.07 Å². The Kier molecular flexibility index (Phi) is 6.90. The minimum atomic E-state index is -0.467. The second kappa shape index (κ2) is 10.0. The van der Waals surface area contributed by atoms with Crippen LogP contribution in [0.3, 0.4) is 0 Å². The van der Waals surface area contributed by atoms with E-state index in [1.807, 2.05) is 39.8 Å². The molecule has 0 unspecified atom stereocenters. The van der Waals surface area contributed by atoms with Crippen molar-refractivity contribution >= 4 is 22.6 Å². The Bertz CT molecular complexity index is 1610. The van der Waals surface area contributed by atoms with Gasteiger partial charge < -0.3 is 9.30 Å². The average Bonchev–Trinajstić information content (AvgIpc) is 2.83. The van der Waals surface area contributed by atoms with Crippen LogP contribution in [0.5, 0.6) is 0 Å². The molecule has 3 aromatic heterocycles. The third-order valence-electron chi connectivity index (χ3n) is 5.68. The molecule has 0 radical (unpaired) electrons. The zero-order valence-electron chi connectivity index (χ0n) is 20.3. The molecule has 0 aliphatic rings. The van der Waals surface area contributed by atoms with Gasteiger partial charge >= 0.3 is 0 Å². The van der Waals surface area contributed by atoms with Crippen LogP contribution in [0.25, 0.3) is 16.7 Å². The van der Waals surface area contributed by atoms with E-state index >= 15 is 0 Å². The van der Waals surface area contributed by atoms with Crippen molar-refractivity contribution in [3.63, 3.8) is 0 Å². The Balaban J connectivity index is 2.01. The number of nitrogens with zero attached hydrogens (tertiary/aromatic N) is 5. The zero-order chi connectivity index (χ0) is 25.1. The van der Waals surface area contributed by atoms with E-state index in [1.54, 1.807) is 35.0 Å². The number of aromatic nitrogens is 3. The number of pyridine rings is 2. The normalized spacial score (nSPS) is 11.9. The van der Waals surface area contributed by atoms with Gasteiger partial charge in [0.05, 0.1) is 17.1 Å². The molecule has 178 valence electrons. The summed E-state index contributed by atoms with van der Waals surface area (Å²) in [5, 5.41) is 10.2. The van der Waals surface area contributed by atoms with E-state index in [-0.39, 0.29) is 28.1 Å². The molecule has 4 aromatic rings. The molecule has 3 heterocycles. The van der Waals surface area contributed by atoms with Crippen molar-refractivity contribution in [2.75, 3.05) is 6.61 Å². The van der Waals surface area contributed by atoms with Crippen molar-refractivity contribution in [3.05, 3.63) is 86.8 Å². The maximum Gasteiger partial charge on any atom is 0.279 e. The highest BCUT2D eigenvalue weighted by atomic mass is 16.5. The molecule has 0 atom stereocenters. The fourth-order valence-corrected chi connectivity index (χ4v) is 3.98. The number of hydrogen-bond donors (Lipinski definition) is 0. The second-order valence-corrected chi connectivity index (χ2v) is 8.74. The molecule has 0 aliphatic carbocycles. The van der Waals surface area contributed by atoms with Crippen LogP contribution < -0.4 is 11.0 Å². The van der Waals surface area contributed by atoms with Gasteiger partial charge in [-0.1, -0.05) is 23.8 Å². The highest BCUT2D eigenvalue weighted by Gasteiger charge is 2.16. The molecule has 0 saturated heterocycles. The molecule has 35 heavy (non-hydrogen) atoms. The maximum atomic E-state index is 13.4. The number of carbonyl (C=O) groups excluding carboxylic acids is 1. The van der Waals surface area contributed by atoms with Crippen molar-refractivity contribution < 1.29 is 9.53 Å². The first-order valence-electron chi connectivity index (χ1n) is 11.5. The lowest BCUT2D eigenvalue weighted by Crippen LogP contribution is -2.30. The number of hydrogen-bond acceptors (Lipinski definition) is 5. The number of fused-ring (bicyclic) bond motifs is 2. The van der Waals surface area contributed by atoms with E-state index in [0.717, 1.165) is 11.1 Å². The lowest BCUT2D eigenvalue weighted by molar-refractivity contribution is 0.0748. The van der Waals surface area contributed by atoms with E-state index in [0.29, 0.717) is 36.4 Å². The van der Waals surface area contributed by atoms with Gasteiger partial charge in [0.2, 0.25) is 0 Å². The monoisotopic (exact) mass is 469 g/mol. The number of ether oxygens (including phenoxy) is 1. The van der Waals surface area contributed by atoms with Gasteiger partial charge in [0.25, 0.3) is 11.5 Å². The molecule has 0 spiro atoms. The Morgan fingerprint density at radius 2 is 1.97 bits per heavy atom. The molecular formula is C27H27N5O3. The van der Waals surface area contributed by atoms with Crippen LogP contribution in [0, 0.1) is 25.2 Å². The van der Waals surface area contributed by atoms with E-state index in [2.05, 4.69) is 11.1 Å². The summed E-state index contributed by atoms with van der Waals surface area (Å²) in [6.45, 7) is 8.53. The van der Waals surface area contributed by atoms with Gasteiger partial charge in [-0.05, 0) is 63.9 Å². The standard InChI is InChI=1S/C27H27N5O3/c1-17(2)35-13-7-12-31-24(30-26(33)20-10-5-8-18(3)14-20)21(16-28)15-22-25(31)29-23-19(4)9-6-11-32(23)27(22)34/h5-6,8-11,14-15,17H,7,12-13H2,1-4H3. The first kappa shape index (κ1) is 24.0. The summed E-state index contributed by atoms with van der Waals surface area (Å²) in [6, 6.07) is 14.4. The van der Waals surface area contributed by atoms with Gasteiger partial charge in [0, 0.05) is 24.9 Å². The van der Waals surface area contributed by atoms with Gasteiger partial charge in [-0.25, -0.2) is 4.98 Å². The quantitative estimate of drug-likeness (QED) is 0.317. The largest absolute Gasteiger partial charge is 0.379 e. The summed E-state index contributed by atoms with van der Waals surface area (Å²) in [7, 11) is 0. The molecule has 4 rings (SSSR count). The van der Waals surface area contributed by atoms with Crippen molar-refractivity contribution in [2.45, 2.75) is 46.8 Å². The summed E-state index contributed by atoms with van der Waals surface area (Å²) in [5.41, 5.74) is 3.11. The first-order valence-corrected chi connectivity index (χ1v) is 11.5. The van der Waals surface area contributed by atoms with Gasteiger partial charge in [0.1, 0.15) is 17.4 Å². The zero-order valence-corrected chi connectivity index (χ0v) is 20.3. The van der Waals surface area contributed by atoms with Gasteiger partial charge in [-0.3, -0.25) is 14.0 Å². The Hall–Kier alpha value is -4.09. The summed E-state index contributed by atoms with van der Waals surface area (Å²) in [4.78, 5) is 35.6. The molecule has 1 amide bonds. The predicted octanol–water partition coefficient (Wildman–Crippen LogP) is 3.69. The number of carbonyl (C=O) groups is 1. The molecule has 1 aromatic carbocycles. The van der Waals surface area contributed by atoms with Gasteiger partial charge in [0.15, 0.2) is 5.49 Å². The molecule has 0 N–H and O–H groups in total. The fraction of sp³-hybridized carbons (Fsp3) is 0.296. The highest BCUT2D eigenvalue weighted by molar-refractivity contribution is 5.95. The van der Waals surface area contributed by atoms with E-state index in [1.165, 1.54) is 10.5 Å². The predicted molar refractivity (Wildman–Crippen MR) is 133 cm³/mol. The van der Waals surface area contributed by atoms with Crippen LogP contribution in [0.4, 0.5) is 0 Å². The molecule has 0 fully saturated rings. The molecule has 0 aliphatic heterocycles. The smallest absolute Gasteiger partial charge is 0.279 e. The molecular weight excluding hydrogens is 442 g/mol. The van der Waals surface area contributed by atoms with E-state index < -0.39 is 5.91 Å². The SMILES string of the molecule is Cc1cccc(C(=O)N=c2c(C#N)cc3c(=O)n4cccc(C)c4nc3n2CCCOC(C)C)c1. The van der Waals surface area contributed by atoms with Crippen molar-refractivity contribution in [1.29, 1.82) is 5.26 Å². The van der Waals surface area contributed by atoms with Crippen molar-refractivity contribution in [2.24, 2.45) is 4.99 Å². The van der Waals surface area contributed by atoms with Gasteiger partial charge in [-0.15, -0.1) is 0 Å². The van der Waals surface area contributed by atoms with Crippen LogP contribution >= 0.6 is 0 Å². The molecule has 8 heteroatoms. The minimum Gasteiger partial charge on any atom is -0.379 e. The lowest BCUT2D eigenvalue weighted by atomic mass is 10.1. The van der Waals surface area contributed by atoms with Crippen LogP contribution in [-0.2, 0) is 11.3 Å². The topological polar surface area (TPSA) is 102 Å². The molecule has 0 bridgehead atoms. The van der Waals surface area contributed by atoms with E-state index in [4.69, 9.17) is 9.72 Å². The van der Waals surface area contributed by atoms with E-state index in [9.17, 15) is 14.9 Å². The summed E-state index contributed by atoms with van der Waals surface area (Å²) < 4.78 is 8.85. The van der Waals surface area contributed by atoms with Gasteiger partial charge in [-0.2, -0.15) is 10.3 Å². The number of nitriles is 1. The Morgan fingerprint density at radius 1 is 1.17 bits per heavy atom. The number of benzene rings is 1. The van der Waals surface area contributed by atoms with Crippen LogP contribution in [-0.4, -0.2) is 32.6 Å². The number of rotatable bonds is 6. The Morgan fingerprint density at radius 3 is 2.69 bits per heavy atom. The van der Waals surface area contributed by atoms with Crippen molar-refractivity contribution in [1.82, 2.24) is 14.0 Å². The first-order chi connectivity index (χ1) is 16.8. The minimum absolute atomic E-state index is 0.0728. The van der Waals surface area contributed by atoms with Crippen LogP contribution in [0.1, 0.15) is 47.3 Å². The Labute approximate surface area is 202 Å². The fourth-order valence-electron chi connectivity index (χ4n) is 3.98. The number of aryl methyl sites for hydroxylation is 3. The third-order valence-corrected chi connectivity index (χ3v) is 5.68. The molecule has 8 nitrogen and oxygen atoms in total. The summed E-state index contributed by atoms with van der Waals surface area (Å²) >= 11 is 0. The average molecular weight is 470 g/mol. The second-order valence-electron chi connectivity index (χ2n) is 8.74. The van der Waals surface area contributed by atoms with Crippen LogP contribution in [0.2, 0.25) is 0 Å². The molecule has 0 saturated carbocycles.